The van der Waals surface area contributed by atoms with Crippen molar-refractivity contribution in [2.24, 2.45) is 0 Å². The van der Waals surface area contributed by atoms with Crippen LogP contribution in [0.25, 0.3) is 10.8 Å². The van der Waals surface area contributed by atoms with Gasteiger partial charge in [-0.1, -0.05) is 56.0 Å². The number of benzene rings is 3. The van der Waals surface area contributed by atoms with E-state index in [9.17, 15) is 14.3 Å². The van der Waals surface area contributed by atoms with Crippen molar-refractivity contribution in [1.82, 2.24) is 4.90 Å². The second-order valence-corrected chi connectivity index (χ2v) is 16.1. The Morgan fingerprint density at radius 2 is 1.89 bits per heavy atom. The Morgan fingerprint density at radius 1 is 1.11 bits per heavy atom. The van der Waals surface area contributed by atoms with E-state index in [-0.39, 0.29) is 29.7 Å². The molecule has 0 aliphatic carbocycles. The SMILES string of the molecule is C[Si](C)(C)CCOC(=O)N1CCC(c2ccc(F)cc2)C(OCc2ccc3c(O)cccc3c2)C1. The minimum atomic E-state index is -1.29. The first-order valence-corrected chi connectivity index (χ1v) is 15.9. The summed E-state index contributed by atoms with van der Waals surface area (Å²) in [5.41, 5.74) is 1.99. The molecule has 0 saturated carbocycles. The minimum Gasteiger partial charge on any atom is -0.507 e. The number of phenolic OH excluding ortho intramolecular Hbond substituents is 1. The molecule has 0 spiro atoms. The van der Waals surface area contributed by atoms with Crippen LogP contribution >= 0.6 is 0 Å². The number of likely N-dealkylation sites (tertiary alicyclic amines) is 1. The highest BCUT2D eigenvalue weighted by molar-refractivity contribution is 6.76. The number of aromatic hydroxyl groups is 1. The average molecular weight is 496 g/mol. The van der Waals surface area contributed by atoms with Crippen molar-refractivity contribution in [1.29, 1.82) is 0 Å². The molecule has 1 N–H and O–H groups in total. The summed E-state index contributed by atoms with van der Waals surface area (Å²) in [6, 6.07) is 18.8. The molecule has 1 aliphatic heterocycles. The van der Waals surface area contributed by atoms with Crippen LogP contribution in [0.1, 0.15) is 23.5 Å². The molecule has 7 heteroatoms. The summed E-state index contributed by atoms with van der Waals surface area (Å²) in [5.74, 6) is 0.0297. The lowest BCUT2D eigenvalue weighted by Crippen LogP contribution is -2.47. The van der Waals surface area contributed by atoms with Crippen LogP contribution in [0.2, 0.25) is 25.7 Å². The van der Waals surface area contributed by atoms with Gasteiger partial charge in [0.2, 0.25) is 0 Å². The lowest BCUT2D eigenvalue weighted by Gasteiger charge is -2.38. The van der Waals surface area contributed by atoms with Crippen LogP contribution in [0, 0.1) is 5.82 Å². The molecule has 1 heterocycles. The van der Waals surface area contributed by atoms with Gasteiger partial charge in [-0.25, -0.2) is 9.18 Å². The number of amides is 1. The summed E-state index contributed by atoms with van der Waals surface area (Å²) in [4.78, 5) is 14.5. The molecular formula is C28H34FNO4Si. The van der Waals surface area contributed by atoms with Crippen LogP contribution in [0.4, 0.5) is 9.18 Å². The summed E-state index contributed by atoms with van der Waals surface area (Å²) < 4.78 is 25.5. The number of hydrogen-bond acceptors (Lipinski definition) is 4. The maximum Gasteiger partial charge on any atom is 0.409 e. The number of carbonyl (C=O) groups is 1. The smallest absolute Gasteiger partial charge is 0.409 e. The number of nitrogens with zero attached hydrogens (tertiary/aromatic N) is 1. The Labute approximate surface area is 207 Å². The first-order valence-electron chi connectivity index (χ1n) is 12.2. The lowest BCUT2D eigenvalue weighted by molar-refractivity contribution is -0.0233. The van der Waals surface area contributed by atoms with Gasteiger partial charge in [-0.2, -0.15) is 0 Å². The third-order valence-corrected chi connectivity index (χ3v) is 8.28. The Balaban J connectivity index is 1.47. The van der Waals surface area contributed by atoms with Crippen molar-refractivity contribution in [3.05, 3.63) is 77.6 Å². The standard InChI is InChI=1S/C28H34FNO4Si/c1-35(2,3)16-15-33-28(32)30-14-13-25(21-8-10-23(29)11-9-21)27(18-30)34-19-20-7-12-24-22(17-20)5-4-6-26(24)31/h4-12,17,25,27,31H,13-16,18-19H2,1-3H3. The van der Waals surface area contributed by atoms with Gasteiger partial charge in [0, 0.05) is 25.9 Å². The highest BCUT2D eigenvalue weighted by atomic mass is 28.3. The van der Waals surface area contributed by atoms with E-state index in [1.807, 2.05) is 30.3 Å². The van der Waals surface area contributed by atoms with Gasteiger partial charge in [-0.05, 0) is 53.2 Å². The number of phenols is 1. The highest BCUT2D eigenvalue weighted by Gasteiger charge is 2.34. The molecule has 1 saturated heterocycles. The van der Waals surface area contributed by atoms with Gasteiger partial charge in [0.05, 0.1) is 25.9 Å². The van der Waals surface area contributed by atoms with Crippen LogP contribution < -0.4 is 0 Å². The number of carbonyl (C=O) groups excluding carboxylic acids is 1. The summed E-state index contributed by atoms with van der Waals surface area (Å²) in [6.45, 7) is 8.58. The topological polar surface area (TPSA) is 59.0 Å². The third kappa shape index (κ3) is 6.61. The maximum atomic E-state index is 13.5. The fourth-order valence-corrected chi connectivity index (χ4v) is 5.20. The number of hydrogen-bond donors (Lipinski definition) is 1. The van der Waals surface area contributed by atoms with E-state index in [0.29, 0.717) is 32.7 Å². The first-order chi connectivity index (χ1) is 16.7. The highest BCUT2D eigenvalue weighted by Crippen LogP contribution is 2.32. The average Bonchev–Trinajstić information content (AvgIpc) is 2.82. The molecule has 1 aliphatic rings. The van der Waals surface area contributed by atoms with E-state index in [1.54, 1.807) is 23.1 Å². The maximum absolute atomic E-state index is 13.5. The van der Waals surface area contributed by atoms with Crippen LogP contribution in [0.3, 0.4) is 0 Å². The molecular weight excluding hydrogens is 461 g/mol. The molecule has 0 aromatic heterocycles. The molecule has 35 heavy (non-hydrogen) atoms. The van der Waals surface area contributed by atoms with Gasteiger partial charge in [-0.15, -0.1) is 0 Å². The number of piperidine rings is 1. The summed E-state index contributed by atoms with van der Waals surface area (Å²) in [7, 11) is -1.29. The van der Waals surface area contributed by atoms with Gasteiger partial charge in [0.25, 0.3) is 0 Å². The number of ether oxygens (including phenoxy) is 2. The van der Waals surface area contributed by atoms with Crippen LogP contribution in [0.15, 0.2) is 60.7 Å². The van der Waals surface area contributed by atoms with Crippen molar-refractivity contribution in [2.75, 3.05) is 19.7 Å². The predicted octanol–water partition coefficient (Wildman–Crippen LogP) is 6.53. The van der Waals surface area contributed by atoms with Crippen LogP contribution in [0.5, 0.6) is 5.75 Å². The molecule has 1 amide bonds. The third-order valence-electron chi connectivity index (χ3n) is 6.58. The van der Waals surface area contributed by atoms with Crippen LogP contribution in [-0.2, 0) is 16.1 Å². The van der Waals surface area contributed by atoms with E-state index < -0.39 is 8.07 Å². The van der Waals surface area contributed by atoms with Crippen LogP contribution in [-0.4, -0.2) is 50.0 Å². The van der Waals surface area contributed by atoms with E-state index in [0.717, 1.165) is 27.9 Å². The second-order valence-electron chi connectivity index (χ2n) is 10.5. The van der Waals surface area contributed by atoms with Gasteiger partial charge in [0.1, 0.15) is 11.6 Å². The van der Waals surface area contributed by atoms with E-state index in [1.165, 1.54) is 12.1 Å². The fraction of sp³-hybridized carbons (Fsp3) is 0.393. The Hall–Kier alpha value is -2.90. The van der Waals surface area contributed by atoms with Crippen molar-refractivity contribution in [3.63, 3.8) is 0 Å². The quantitative estimate of drug-likeness (QED) is 0.379. The Morgan fingerprint density at radius 3 is 2.63 bits per heavy atom. The van der Waals surface area contributed by atoms with Crippen molar-refractivity contribution < 1.29 is 23.8 Å². The van der Waals surface area contributed by atoms with Crippen molar-refractivity contribution in [3.8, 4) is 5.75 Å². The largest absolute Gasteiger partial charge is 0.507 e. The zero-order valence-electron chi connectivity index (χ0n) is 20.7. The summed E-state index contributed by atoms with van der Waals surface area (Å²) in [5, 5.41) is 11.8. The van der Waals surface area contributed by atoms with Crippen molar-refractivity contribution >= 4 is 24.9 Å². The molecule has 2 unspecified atom stereocenters. The number of halogens is 1. The molecule has 186 valence electrons. The fourth-order valence-electron chi connectivity index (χ4n) is 4.49. The molecule has 3 aromatic rings. The van der Waals surface area contributed by atoms with E-state index >= 15 is 0 Å². The first kappa shape index (κ1) is 25.2. The number of rotatable bonds is 7. The van der Waals surface area contributed by atoms with E-state index in [4.69, 9.17) is 9.47 Å². The molecule has 1 fully saturated rings. The molecule has 2 atom stereocenters. The Bertz CT molecular complexity index is 1160. The van der Waals surface area contributed by atoms with Gasteiger partial charge >= 0.3 is 6.09 Å². The van der Waals surface area contributed by atoms with Gasteiger partial charge in [-0.3, -0.25) is 0 Å². The number of fused-ring (bicyclic) bond motifs is 1. The van der Waals surface area contributed by atoms with Gasteiger partial charge in [0.15, 0.2) is 0 Å². The Kier molecular flexibility index (Phi) is 7.77. The van der Waals surface area contributed by atoms with Gasteiger partial charge < -0.3 is 19.5 Å². The van der Waals surface area contributed by atoms with Crippen molar-refractivity contribution in [2.45, 2.75) is 50.7 Å². The monoisotopic (exact) mass is 495 g/mol. The normalized spacial score (nSPS) is 18.6. The molecule has 0 radical (unpaired) electrons. The zero-order valence-corrected chi connectivity index (χ0v) is 21.7. The summed E-state index contributed by atoms with van der Waals surface area (Å²) in [6.07, 6.45) is 0.166. The minimum absolute atomic E-state index is 0.0473. The summed E-state index contributed by atoms with van der Waals surface area (Å²) >= 11 is 0. The second kappa shape index (κ2) is 10.8. The molecule has 3 aromatic carbocycles. The molecule has 4 rings (SSSR count). The lowest BCUT2D eigenvalue weighted by atomic mass is 9.87. The predicted molar refractivity (Wildman–Crippen MR) is 139 cm³/mol. The molecule has 5 nitrogen and oxygen atoms in total. The molecule has 0 bridgehead atoms. The zero-order chi connectivity index (χ0) is 25.0. The van der Waals surface area contributed by atoms with E-state index in [2.05, 4.69) is 19.6 Å².